The van der Waals surface area contributed by atoms with Gasteiger partial charge in [0.05, 0.1) is 12.3 Å². The zero-order chi connectivity index (χ0) is 19.5. The second-order valence-corrected chi connectivity index (χ2v) is 6.13. The predicted octanol–water partition coefficient (Wildman–Crippen LogP) is 3.33. The van der Waals surface area contributed by atoms with Gasteiger partial charge in [0.2, 0.25) is 5.76 Å². The van der Waals surface area contributed by atoms with Crippen molar-refractivity contribution in [3.05, 3.63) is 82.1 Å². The Hall–Kier alpha value is -3.45. The van der Waals surface area contributed by atoms with E-state index in [0.29, 0.717) is 29.1 Å². The van der Waals surface area contributed by atoms with E-state index in [4.69, 9.17) is 13.9 Å². The van der Waals surface area contributed by atoms with E-state index in [1.807, 2.05) is 25.1 Å². The third kappa shape index (κ3) is 3.39. The molecule has 0 spiro atoms. The van der Waals surface area contributed by atoms with Crippen LogP contribution in [0.4, 0.5) is 0 Å². The smallest absolute Gasteiger partial charge is 0.375 e. The zero-order valence-corrected chi connectivity index (χ0v) is 15.3. The molecule has 28 heavy (non-hydrogen) atoms. The molecular formula is C21H18N2O5. The highest BCUT2D eigenvalue weighted by atomic mass is 16.5. The van der Waals surface area contributed by atoms with E-state index in [-0.39, 0.29) is 24.5 Å². The molecule has 0 bridgehead atoms. The number of furan rings is 1. The van der Waals surface area contributed by atoms with Gasteiger partial charge in [-0.3, -0.25) is 9.20 Å². The molecule has 7 heteroatoms. The number of hydrogen-bond acceptors (Lipinski definition) is 6. The Labute approximate surface area is 160 Å². The summed E-state index contributed by atoms with van der Waals surface area (Å²) in [6, 6.07) is 13.9. The Bertz CT molecular complexity index is 1210. The van der Waals surface area contributed by atoms with E-state index in [2.05, 4.69) is 4.98 Å². The Balaban J connectivity index is 1.59. The zero-order valence-electron chi connectivity index (χ0n) is 15.3. The van der Waals surface area contributed by atoms with E-state index in [0.717, 1.165) is 5.39 Å². The van der Waals surface area contributed by atoms with Gasteiger partial charge in [0, 0.05) is 29.8 Å². The minimum Gasteiger partial charge on any atom is -0.453 e. The first-order valence-corrected chi connectivity index (χ1v) is 8.90. The number of aromatic nitrogens is 2. The Kier molecular flexibility index (Phi) is 4.90. The molecule has 0 fully saturated rings. The molecule has 0 radical (unpaired) electrons. The fourth-order valence-corrected chi connectivity index (χ4v) is 2.99. The Morgan fingerprint density at radius 2 is 1.96 bits per heavy atom. The number of nitrogens with zero attached hydrogens (tertiary/aromatic N) is 2. The van der Waals surface area contributed by atoms with E-state index >= 15 is 0 Å². The molecule has 0 unspecified atom stereocenters. The molecule has 0 aliphatic carbocycles. The average Bonchev–Trinajstić information content (AvgIpc) is 3.09. The average molecular weight is 378 g/mol. The quantitative estimate of drug-likeness (QED) is 0.479. The SMILES string of the molecule is CCOCc1c(C(=O)OCc2cc(=O)n3ccccc3n2)oc2ccccc12. The fraction of sp³-hybridized carbons (Fsp3) is 0.190. The van der Waals surface area contributed by atoms with Gasteiger partial charge in [-0.2, -0.15) is 0 Å². The van der Waals surface area contributed by atoms with Crippen molar-refractivity contribution in [2.24, 2.45) is 0 Å². The van der Waals surface area contributed by atoms with Crippen LogP contribution in [0, 0.1) is 0 Å². The summed E-state index contributed by atoms with van der Waals surface area (Å²) < 4.78 is 18.0. The van der Waals surface area contributed by atoms with Crippen LogP contribution >= 0.6 is 0 Å². The molecule has 4 aromatic rings. The van der Waals surface area contributed by atoms with Crippen LogP contribution in [0.25, 0.3) is 16.6 Å². The van der Waals surface area contributed by atoms with Gasteiger partial charge in [-0.15, -0.1) is 0 Å². The summed E-state index contributed by atoms with van der Waals surface area (Å²) in [5, 5.41) is 0.810. The number of ether oxygens (including phenoxy) is 2. The Morgan fingerprint density at radius 3 is 2.82 bits per heavy atom. The van der Waals surface area contributed by atoms with E-state index < -0.39 is 5.97 Å². The van der Waals surface area contributed by atoms with Crippen molar-refractivity contribution in [1.82, 2.24) is 9.38 Å². The lowest BCUT2D eigenvalue weighted by atomic mass is 10.1. The molecule has 4 rings (SSSR count). The summed E-state index contributed by atoms with van der Waals surface area (Å²) in [5.74, 6) is -0.520. The molecule has 3 heterocycles. The van der Waals surface area contributed by atoms with Crippen LogP contribution in [-0.2, 0) is 22.7 Å². The molecule has 1 aromatic carbocycles. The van der Waals surface area contributed by atoms with Gasteiger partial charge in [-0.25, -0.2) is 9.78 Å². The number of hydrogen-bond donors (Lipinski definition) is 0. The lowest BCUT2D eigenvalue weighted by Crippen LogP contribution is -2.16. The molecule has 0 saturated carbocycles. The minimum atomic E-state index is -0.624. The van der Waals surface area contributed by atoms with Crippen LogP contribution in [0.2, 0.25) is 0 Å². The van der Waals surface area contributed by atoms with Crippen LogP contribution in [0.15, 0.2) is 63.9 Å². The van der Waals surface area contributed by atoms with E-state index in [1.165, 1.54) is 10.5 Å². The summed E-state index contributed by atoms with van der Waals surface area (Å²) in [6.45, 7) is 2.50. The van der Waals surface area contributed by atoms with Gasteiger partial charge in [0.25, 0.3) is 5.56 Å². The summed E-state index contributed by atoms with van der Waals surface area (Å²) in [5.41, 5.74) is 1.85. The van der Waals surface area contributed by atoms with Gasteiger partial charge in [0.15, 0.2) is 0 Å². The lowest BCUT2D eigenvalue weighted by Gasteiger charge is -2.06. The lowest BCUT2D eigenvalue weighted by molar-refractivity contribution is 0.0425. The van der Waals surface area contributed by atoms with Crippen LogP contribution in [-0.4, -0.2) is 22.0 Å². The molecule has 0 atom stereocenters. The van der Waals surface area contributed by atoms with Crippen molar-refractivity contribution < 1.29 is 18.7 Å². The number of carbonyl (C=O) groups is 1. The normalized spacial score (nSPS) is 11.2. The van der Waals surface area contributed by atoms with Gasteiger partial charge < -0.3 is 13.9 Å². The molecular weight excluding hydrogens is 360 g/mol. The Morgan fingerprint density at radius 1 is 1.14 bits per heavy atom. The summed E-state index contributed by atoms with van der Waals surface area (Å²) in [6.07, 6.45) is 1.63. The van der Waals surface area contributed by atoms with Gasteiger partial charge in [0.1, 0.15) is 17.8 Å². The molecule has 3 aromatic heterocycles. The molecule has 0 aliphatic rings. The maximum absolute atomic E-state index is 12.6. The van der Waals surface area contributed by atoms with Crippen molar-refractivity contribution in [2.75, 3.05) is 6.61 Å². The second kappa shape index (κ2) is 7.66. The van der Waals surface area contributed by atoms with Crippen molar-refractivity contribution >= 4 is 22.6 Å². The maximum atomic E-state index is 12.6. The van der Waals surface area contributed by atoms with Crippen molar-refractivity contribution in [1.29, 1.82) is 0 Å². The van der Waals surface area contributed by atoms with Crippen LogP contribution < -0.4 is 5.56 Å². The van der Waals surface area contributed by atoms with E-state index in [9.17, 15) is 9.59 Å². The second-order valence-electron chi connectivity index (χ2n) is 6.13. The monoisotopic (exact) mass is 378 g/mol. The number of benzene rings is 1. The van der Waals surface area contributed by atoms with E-state index in [1.54, 1.807) is 30.5 Å². The molecule has 7 nitrogen and oxygen atoms in total. The van der Waals surface area contributed by atoms with Crippen molar-refractivity contribution in [2.45, 2.75) is 20.1 Å². The topological polar surface area (TPSA) is 83.0 Å². The minimum absolute atomic E-state index is 0.104. The third-order valence-electron chi connectivity index (χ3n) is 4.31. The highest BCUT2D eigenvalue weighted by Crippen LogP contribution is 2.27. The first kappa shape index (κ1) is 17.9. The fourth-order valence-electron chi connectivity index (χ4n) is 2.99. The maximum Gasteiger partial charge on any atom is 0.375 e. The highest BCUT2D eigenvalue weighted by Gasteiger charge is 2.22. The number of esters is 1. The third-order valence-corrected chi connectivity index (χ3v) is 4.31. The van der Waals surface area contributed by atoms with Crippen LogP contribution in [0.3, 0.4) is 0 Å². The van der Waals surface area contributed by atoms with Crippen LogP contribution in [0.5, 0.6) is 0 Å². The first-order chi connectivity index (χ1) is 13.7. The highest BCUT2D eigenvalue weighted by molar-refractivity contribution is 5.96. The number of fused-ring (bicyclic) bond motifs is 2. The molecule has 142 valence electrons. The van der Waals surface area contributed by atoms with Crippen molar-refractivity contribution in [3.63, 3.8) is 0 Å². The van der Waals surface area contributed by atoms with Crippen molar-refractivity contribution in [3.8, 4) is 0 Å². The van der Waals surface area contributed by atoms with Crippen LogP contribution in [0.1, 0.15) is 28.7 Å². The standard InChI is InChI=1S/C21H18N2O5/c1-2-26-13-16-15-7-3-4-8-17(15)28-20(16)21(25)27-12-14-11-19(24)23-10-6-5-9-18(23)22-14/h3-11H,2,12-13H2,1H3. The number of para-hydroxylation sites is 1. The predicted molar refractivity (Wildman–Crippen MR) is 102 cm³/mol. The van der Waals surface area contributed by atoms with Gasteiger partial charge in [-0.1, -0.05) is 24.3 Å². The summed E-state index contributed by atoms with van der Waals surface area (Å²) in [4.78, 5) is 29.1. The van der Waals surface area contributed by atoms with Gasteiger partial charge in [-0.05, 0) is 25.1 Å². The number of rotatable bonds is 6. The molecule has 0 amide bonds. The van der Waals surface area contributed by atoms with Gasteiger partial charge >= 0.3 is 5.97 Å². The summed E-state index contributed by atoms with van der Waals surface area (Å²) >= 11 is 0. The first-order valence-electron chi connectivity index (χ1n) is 8.90. The summed E-state index contributed by atoms with van der Waals surface area (Å²) in [7, 11) is 0. The number of carbonyl (C=O) groups excluding carboxylic acids is 1. The largest absolute Gasteiger partial charge is 0.453 e. The molecule has 0 saturated heterocycles. The molecule has 0 N–H and O–H groups in total. The molecule has 0 aliphatic heterocycles. The number of pyridine rings is 1.